The maximum atomic E-state index is 13.2. The predicted octanol–water partition coefficient (Wildman–Crippen LogP) is 3.55. The van der Waals surface area contributed by atoms with E-state index in [1.54, 1.807) is 35.2 Å². The summed E-state index contributed by atoms with van der Waals surface area (Å²) in [5.74, 6) is 1.10. The molecule has 6 nitrogen and oxygen atoms in total. The Morgan fingerprint density at radius 3 is 2.60 bits per heavy atom. The Kier molecular flexibility index (Phi) is 4.44. The van der Waals surface area contributed by atoms with Gasteiger partial charge in [0.15, 0.2) is 0 Å². The standard InChI is InChI=1S/C19H22N4O2/c1-19(2,3)16-12-15(22(4)21-16)18(24)23(13-14-8-7-11-25-14)17-9-5-6-10-20-17/h5-12H,13H2,1-4H3. The maximum Gasteiger partial charge on any atom is 0.278 e. The molecule has 0 radical (unpaired) electrons. The van der Waals surface area contributed by atoms with Crippen molar-refractivity contribution in [3.05, 3.63) is 66.0 Å². The van der Waals surface area contributed by atoms with Crippen molar-refractivity contribution in [3.8, 4) is 0 Å². The number of carbonyl (C=O) groups is 1. The minimum absolute atomic E-state index is 0.132. The summed E-state index contributed by atoms with van der Waals surface area (Å²) in [5.41, 5.74) is 1.26. The van der Waals surface area contributed by atoms with E-state index in [4.69, 9.17) is 4.42 Å². The highest BCUT2D eigenvalue weighted by Gasteiger charge is 2.26. The van der Waals surface area contributed by atoms with Gasteiger partial charge in [0.2, 0.25) is 0 Å². The highest BCUT2D eigenvalue weighted by Crippen LogP contribution is 2.24. The van der Waals surface area contributed by atoms with Crippen LogP contribution in [0.5, 0.6) is 0 Å². The Bertz CT molecular complexity index is 845. The maximum absolute atomic E-state index is 13.2. The molecule has 0 aliphatic rings. The van der Waals surface area contributed by atoms with Crippen LogP contribution in [0.25, 0.3) is 0 Å². The van der Waals surface area contributed by atoms with E-state index in [0.717, 1.165) is 5.69 Å². The molecule has 1 amide bonds. The van der Waals surface area contributed by atoms with Gasteiger partial charge in [-0.3, -0.25) is 14.4 Å². The number of pyridine rings is 1. The van der Waals surface area contributed by atoms with Crippen LogP contribution in [-0.4, -0.2) is 20.7 Å². The molecule has 3 heterocycles. The van der Waals surface area contributed by atoms with E-state index in [-0.39, 0.29) is 11.3 Å². The second kappa shape index (κ2) is 6.55. The van der Waals surface area contributed by atoms with Crippen molar-refractivity contribution in [1.29, 1.82) is 0 Å². The summed E-state index contributed by atoms with van der Waals surface area (Å²) in [4.78, 5) is 19.1. The minimum atomic E-state index is -0.166. The van der Waals surface area contributed by atoms with E-state index in [2.05, 4.69) is 30.9 Å². The van der Waals surface area contributed by atoms with Crippen molar-refractivity contribution in [2.75, 3.05) is 4.90 Å². The third kappa shape index (κ3) is 3.63. The van der Waals surface area contributed by atoms with Crippen LogP contribution < -0.4 is 4.90 Å². The third-order valence-corrected chi connectivity index (χ3v) is 3.93. The summed E-state index contributed by atoms with van der Waals surface area (Å²) in [7, 11) is 1.78. The van der Waals surface area contributed by atoms with Gasteiger partial charge in [0.25, 0.3) is 5.91 Å². The third-order valence-electron chi connectivity index (χ3n) is 3.93. The number of hydrogen-bond acceptors (Lipinski definition) is 4. The molecule has 0 aromatic carbocycles. The van der Waals surface area contributed by atoms with Crippen LogP contribution in [0.1, 0.15) is 42.7 Å². The fraction of sp³-hybridized carbons (Fsp3) is 0.316. The van der Waals surface area contributed by atoms with E-state index in [9.17, 15) is 4.79 Å². The molecule has 0 fully saturated rings. The lowest BCUT2D eigenvalue weighted by Crippen LogP contribution is -2.32. The van der Waals surface area contributed by atoms with Gasteiger partial charge in [-0.05, 0) is 30.3 Å². The molecule has 0 unspecified atom stereocenters. The zero-order valence-corrected chi connectivity index (χ0v) is 14.9. The number of hydrogen-bond donors (Lipinski definition) is 0. The Labute approximate surface area is 147 Å². The molecule has 130 valence electrons. The lowest BCUT2D eigenvalue weighted by atomic mass is 9.92. The smallest absolute Gasteiger partial charge is 0.278 e. The lowest BCUT2D eigenvalue weighted by Gasteiger charge is -2.20. The minimum Gasteiger partial charge on any atom is -0.467 e. The Balaban J connectivity index is 1.98. The van der Waals surface area contributed by atoms with Crippen molar-refractivity contribution in [2.45, 2.75) is 32.7 Å². The van der Waals surface area contributed by atoms with E-state index in [0.29, 0.717) is 23.8 Å². The number of aromatic nitrogens is 3. The topological polar surface area (TPSA) is 64.2 Å². The molecule has 0 aliphatic carbocycles. The van der Waals surface area contributed by atoms with Crippen LogP contribution in [0.15, 0.2) is 53.3 Å². The van der Waals surface area contributed by atoms with Crippen molar-refractivity contribution in [3.63, 3.8) is 0 Å². The molecule has 0 aliphatic heterocycles. The van der Waals surface area contributed by atoms with E-state index in [1.165, 1.54) is 0 Å². The zero-order valence-electron chi connectivity index (χ0n) is 14.9. The molecular formula is C19H22N4O2. The first kappa shape index (κ1) is 17.0. The molecule has 0 spiro atoms. The normalized spacial score (nSPS) is 11.5. The second-order valence-corrected chi connectivity index (χ2v) is 6.95. The van der Waals surface area contributed by atoms with Gasteiger partial charge in [-0.1, -0.05) is 26.8 Å². The summed E-state index contributed by atoms with van der Waals surface area (Å²) < 4.78 is 7.04. The average Bonchev–Trinajstić information content (AvgIpc) is 3.22. The SMILES string of the molecule is Cn1nc(C(C)(C)C)cc1C(=O)N(Cc1ccco1)c1ccccn1. The van der Waals surface area contributed by atoms with Gasteiger partial charge in [-0.25, -0.2) is 4.98 Å². The van der Waals surface area contributed by atoms with E-state index >= 15 is 0 Å². The van der Waals surface area contributed by atoms with Crippen LogP contribution in [0, 0.1) is 0 Å². The fourth-order valence-electron chi connectivity index (χ4n) is 2.50. The first-order chi connectivity index (χ1) is 11.9. The molecule has 0 N–H and O–H groups in total. The Hall–Kier alpha value is -2.89. The summed E-state index contributed by atoms with van der Waals surface area (Å²) >= 11 is 0. The van der Waals surface area contributed by atoms with Crippen LogP contribution >= 0.6 is 0 Å². The molecule has 0 atom stereocenters. The molecule has 0 bridgehead atoms. The number of aryl methyl sites for hydroxylation is 1. The van der Waals surface area contributed by atoms with Crippen LogP contribution in [-0.2, 0) is 19.0 Å². The number of furan rings is 1. The summed E-state index contributed by atoms with van der Waals surface area (Å²) in [6.45, 7) is 6.52. The summed E-state index contributed by atoms with van der Waals surface area (Å²) in [5, 5.41) is 4.50. The molecule has 0 saturated heterocycles. The summed E-state index contributed by atoms with van der Waals surface area (Å²) in [6.07, 6.45) is 3.26. The average molecular weight is 338 g/mol. The first-order valence-electron chi connectivity index (χ1n) is 8.16. The van der Waals surface area contributed by atoms with Gasteiger partial charge < -0.3 is 4.42 Å². The number of nitrogens with zero attached hydrogens (tertiary/aromatic N) is 4. The Morgan fingerprint density at radius 1 is 1.24 bits per heavy atom. The van der Waals surface area contributed by atoms with E-state index < -0.39 is 0 Å². The van der Waals surface area contributed by atoms with Crippen molar-refractivity contribution in [1.82, 2.24) is 14.8 Å². The molecule has 3 rings (SSSR count). The number of rotatable bonds is 4. The highest BCUT2D eigenvalue weighted by atomic mass is 16.3. The Morgan fingerprint density at radius 2 is 2.04 bits per heavy atom. The monoisotopic (exact) mass is 338 g/mol. The van der Waals surface area contributed by atoms with Crippen LogP contribution in [0.4, 0.5) is 5.82 Å². The van der Waals surface area contributed by atoms with Gasteiger partial charge in [0, 0.05) is 18.7 Å². The van der Waals surface area contributed by atoms with Gasteiger partial charge in [0.1, 0.15) is 17.3 Å². The number of anilines is 1. The van der Waals surface area contributed by atoms with Crippen molar-refractivity contribution in [2.24, 2.45) is 7.05 Å². The number of amides is 1. The number of carbonyl (C=O) groups excluding carboxylic acids is 1. The van der Waals surface area contributed by atoms with Crippen LogP contribution in [0.2, 0.25) is 0 Å². The highest BCUT2D eigenvalue weighted by molar-refractivity contribution is 6.04. The van der Waals surface area contributed by atoms with Crippen LogP contribution in [0.3, 0.4) is 0 Å². The molecule has 3 aromatic heterocycles. The van der Waals surface area contributed by atoms with Gasteiger partial charge in [-0.15, -0.1) is 0 Å². The van der Waals surface area contributed by atoms with Crippen molar-refractivity contribution >= 4 is 11.7 Å². The molecule has 0 saturated carbocycles. The predicted molar refractivity (Wildman–Crippen MR) is 95.4 cm³/mol. The molecule has 3 aromatic rings. The summed E-state index contributed by atoms with van der Waals surface area (Å²) in [6, 6.07) is 11.0. The molecular weight excluding hydrogens is 316 g/mol. The van der Waals surface area contributed by atoms with Gasteiger partial charge in [-0.2, -0.15) is 5.10 Å². The molecule has 25 heavy (non-hydrogen) atoms. The molecule has 6 heteroatoms. The van der Waals surface area contributed by atoms with Crippen molar-refractivity contribution < 1.29 is 9.21 Å². The fourth-order valence-corrected chi connectivity index (χ4v) is 2.50. The van der Waals surface area contributed by atoms with Gasteiger partial charge >= 0.3 is 0 Å². The first-order valence-corrected chi connectivity index (χ1v) is 8.16. The lowest BCUT2D eigenvalue weighted by molar-refractivity contribution is 0.0973. The zero-order chi connectivity index (χ0) is 18.0. The van der Waals surface area contributed by atoms with Gasteiger partial charge in [0.05, 0.1) is 18.5 Å². The second-order valence-electron chi connectivity index (χ2n) is 6.95. The quantitative estimate of drug-likeness (QED) is 0.730. The van der Waals surface area contributed by atoms with E-state index in [1.807, 2.05) is 30.3 Å². The largest absolute Gasteiger partial charge is 0.467 e.